The third kappa shape index (κ3) is 3.07. The van der Waals surface area contributed by atoms with Gasteiger partial charge in [0.25, 0.3) is 0 Å². The van der Waals surface area contributed by atoms with E-state index < -0.39 is 5.54 Å². The maximum absolute atomic E-state index is 12.3. The SMILES string of the molecule is Cc1cccc(C(C)(C)NC(=O)C(C)n2cccn2)c1. The molecule has 0 saturated heterocycles. The lowest BCUT2D eigenvalue weighted by Gasteiger charge is -2.29. The van der Waals surface area contributed by atoms with Gasteiger partial charge in [-0.15, -0.1) is 0 Å². The molecule has 1 unspecified atom stereocenters. The number of rotatable bonds is 4. The molecule has 0 aliphatic carbocycles. The van der Waals surface area contributed by atoms with Crippen LogP contribution in [0.1, 0.15) is 37.9 Å². The molecular weight excluding hydrogens is 250 g/mol. The van der Waals surface area contributed by atoms with Crippen molar-refractivity contribution in [1.82, 2.24) is 15.1 Å². The molecule has 4 heteroatoms. The first kappa shape index (κ1) is 14.3. The number of aryl methyl sites for hydroxylation is 1. The highest BCUT2D eigenvalue weighted by molar-refractivity contribution is 5.80. The Kier molecular flexibility index (Phi) is 3.93. The van der Waals surface area contributed by atoms with Crippen LogP contribution in [0.4, 0.5) is 0 Å². The number of aromatic nitrogens is 2. The number of nitrogens with one attached hydrogen (secondary N) is 1. The van der Waals surface area contributed by atoms with Crippen LogP contribution in [-0.4, -0.2) is 15.7 Å². The monoisotopic (exact) mass is 271 g/mol. The number of amides is 1. The van der Waals surface area contributed by atoms with Crippen LogP contribution in [-0.2, 0) is 10.3 Å². The van der Waals surface area contributed by atoms with Gasteiger partial charge in [-0.05, 0) is 39.3 Å². The fourth-order valence-corrected chi connectivity index (χ4v) is 2.15. The number of hydrogen-bond donors (Lipinski definition) is 1. The summed E-state index contributed by atoms with van der Waals surface area (Å²) in [5, 5.41) is 7.20. The van der Waals surface area contributed by atoms with Crippen molar-refractivity contribution in [3.8, 4) is 0 Å². The molecule has 20 heavy (non-hydrogen) atoms. The van der Waals surface area contributed by atoms with Crippen LogP contribution in [0.25, 0.3) is 0 Å². The number of hydrogen-bond acceptors (Lipinski definition) is 2. The highest BCUT2D eigenvalue weighted by atomic mass is 16.2. The molecule has 0 radical (unpaired) electrons. The van der Waals surface area contributed by atoms with Crippen molar-refractivity contribution in [2.45, 2.75) is 39.3 Å². The Morgan fingerprint density at radius 2 is 2.10 bits per heavy atom. The van der Waals surface area contributed by atoms with Crippen LogP contribution >= 0.6 is 0 Å². The van der Waals surface area contributed by atoms with Crippen molar-refractivity contribution in [2.75, 3.05) is 0 Å². The first-order valence-corrected chi connectivity index (χ1v) is 6.78. The van der Waals surface area contributed by atoms with Gasteiger partial charge in [-0.1, -0.05) is 29.8 Å². The molecule has 0 fully saturated rings. The highest BCUT2D eigenvalue weighted by Gasteiger charge is 2.26. The first-order chi connectivity index (χ1) is 9.40. The predicted octanol–water partition coefficient (Wildman–Crippen LogP) is 2.80. The molecule has 0 aliphatic rings. The summed E-state index contributed by atoms with van der Waals surface area (Å²) in [6.07, 6.45) is 3.47. The molecule has 1 heterocycles. The largest absolute Gasteiger partial charge is 0.345 e. The van der Waals surface area contributed by atoms with Gasteiger partial charge in [-0.2, -0.15) is 5.10 Å². The van der Waals surface area contributed by atoms with Crippen molar-refractivity contribution < 1.29 is 4.79 Å². The maximum Gasteiger partial charge on any atom is 0.245 e. The Bertz CT molecular complexity index is 588. The summed E-state index contributed by atoms with van der Waals surface area (Å²) < 4.78 is 1.65. The van der Waals surface area contributed by atoms with E-state index in [0.29, 0.717) is 0 Å². The van der Waals surface area contributed by atoms with Crippen molar-refractivity contribution >= 4 is 5.91 Å². The minimum Gasteiger partial charge on any atom is -0.345 e. The van der Waals surface area contributed by atoms with E-state index in [9.17, 15) is 4.79 Å². The third-order valence-corrected chi connectivity index (χ3v) is 3.48. The smallest absolute Gasteiger partial charge is 0.245 e. The number of nitrogens with zero attached hydrogens (tertiary/aromatic N) is 2. The van der Waals surface area contributed by atoms with Crippen molar-refractivity contribution in [1.29, 1.82) is 0 Å². The Labute approximate surface area is 119 Å². The second kappa shape index (κ2) is 5.49. The molecule has 1 atom stereocenters. The molecular formula is C16H21N3O. The molecule has 1 aromatic heterocycles. The van der Waals surface area contributed by atoms with Gasteiger partial charge < -0.3 is 5.32 Å². The summed E-state index contributed by atoms with van der Waals surface area (Å²) in [5.74, 6) is -0.0415. The normalized spacial score (nSPS) is 13.0. The van der Waals surface area contributed by atoms with Crippen LogP contribution in [0.15, 0.2) is 42.7 Å². The fraction of sp³-hybridized carbons (Fsp3) is 0.375. The summed E-state index contributed by atoms with van der Waals surface area (Å²) in [4.78, 5) is 12.3. The Morgan fingerprint density at radius 1 is 1.35 bits per heavy atom. The molecule has 106 valence electrons. The molecule has 4 nitrogen and oxygen atoms in total. The zero-order chi connectivity index (χ0) is 14.8. The van der Waals surface area contributed by atoms with E-state index in [1.165, 1.54) is 5.56 Å². The standard InChI is InChI=1S/C16H21N3O/c1-12-7-5-8-14(11-12)16(3,4)18-15(20)13(2)19-10-6-9-17-19/h5-11,13H,1-4H3,(H,18,20). The van der Waals surface area contributed by atoms with Crippen molar-refractivity contribution in [2.24, 2.45) is 0 Å². The molecule has 0 spiro atoms. The minimum absolute atomic E-state index is 0.0415. The van der Waals surface area contributed by atoms with Gasteiger partial charge in [0.05, 0.1) is 5.54 Å². The average Bonchev–Trinajstić information content (AvgIpc) is 2.91. The molecule has 0 aliphatic heterocycles. The van der Waals surface area contributed by atoms with Gasteiger partial charge in [0.2, 0.25) is 5.91 Å². The van der Waals surface area contributed by atoms with Gasteiger partial charge in [-0.25, -0.2) is 0 Å². The third-order valence-electron chi connectivity index (χ3n) is 3.48. The summed E-state index contributed by atoms with van der Waals surface area (Å²) >= 11 is 0. The molecule has 1 aromatic carbocycles. The van der Waals surface area contributed by atoms with E-state index in [1.54, 1.807) is 17.1 Å². The van der Waals surface area contributed by atoms with Crippen LogP contribution in [0.5, 0.6) is 0 Å². The molecule has 0 saturated carbocycles. The van der Waals surface area contributed by atoms with Crippen LogP contribution < -0.4 is 5.32 Å². The average molecular weight is 271 g/mol. The zero-order valence-corrected chi connectivity index (χ0v) is 12.4. The van der Waals surface area contributed by atoms with Gasteiger partial charge in [0, 0.05) is 12.4 Å². The van der Waals surface area contributed by atoms with E-state index >= 15 is 0 Å². The summed E-state index contributed by atoms with van der Waals surface area (Å²) in [5.41, 5.74) is 1.87. The second-order valence-corrected chi connectivity index (χ2v) is 5.65. The molecule has 2 aromatic rings. The Morgan fingerprint density at radius 3 is 2.70 bits per heavy atom. The van der Waals surface area contributed by atoms with Gasteiger partial charge in [0.15, 0.2) is 0 Å². The van der Waals surface area contributed by atoms with Crippen molar-refractivity contribution in [3.05, 3.63) is 53.9 Å². The summed E-state index contributed by atoms with van der Waals surface area (Å²) in [6, 6.07) is 9.68. The second-order valence-electron chi connectivity index (χ2n) is 5.65. The van der Waals surface area contributed by atoms with E-state index in [0.717, 1.165) is 5.56 Å². The molecule has 1 amide bonds. The quantitative estimate of drug-likeness (QED) is 0.929. The number of carbonyl (C=O) groups excluding carboxylic acids is 1. The molecule has 1 N–H and O–H groups in total. The maximum atomic E-state index is 12.3. The Hall–Kier alpha value is -2.10. The number of carbonyl (C=O) groups is 1. The van der Waals surface area contributed by atoms with Gasteiger partial charge in [-0.3, -0.25) is 9.48 Å². The van der Waals surface area contributed by atoms with E-state index in [2.05, 4.69) is 16.5 Å². The van der Waals surface area contributed by atoms with Gasteiger partial charge >= 0.3 is 0 Å². The van der Waals surface area contributed by atoms with Gasteiger partial charge in [0.1, 0.15) is 6.04 Å². The summed E-state index contributed by atoms with van der Waals surface area (Å²) in [7, 11) is 0. The number of benzene rings is 1. The lowest BCUT2D eigenvalue weighted by Crippen LogP contribution is -2.44. The Balaban J connectivity index is 2.14. The van der Waals surface area contributed by atoms with Crippen LogP contribution in [0.3, 0.4) is 0 Å². The van der Waals surface area contributed by atoms with Crippen LogP contribution in [0, 0.1) is 6.92 Å². The lowest BCUT2D eigenvalue weighted by atomic mass is 9.92. The van der Waals surface area contributed by atoms with E-state index in [4.69, 9.17) is 0 Å². The van der Waals surface area contributed by atoms with E-state index in [-0.39, 0.29) is 11.9 Å². The first-order valence-electron chi connectivity index (χ1n) is 6.78. The highest BCUT2D eigenvalue weighted by Crippen LogP contribution is 2.22. The predicted molar refractivity (Wildman–Crippen MR) is 79.3 cm³/mol. The zero-order valence-electron chi connectivity index (χ0n) is 12.4. The fourth-order valence-electron chi connectivity index (χ4n) is 2.15. The molecule has 0 bridgehead atoms. The van der Waals surface area contributed by atoms with E-state index in [1.807, 2.05) is 52.0 Å². The van der Waals surface area contributed by atoms with Crippen LogP contribution in [0.2, 0.25) is 0 Å². The molecule has 2 rings (SSSR count). The topological polar surface area (TPSA) is 46.9 Å². The van der Waals surface area contributed by atoms with Crippen molar-refractivity contribution in [3.63, 3.8) is 0 Å². The minimum atomic E-state index is -0.412. The summed E-state index contributed by atoms with van der Waals surface area (Å²) in [6.45, 7) is 7.91. The lowest BCUT2D eigenvalue weighted by molar-refractivity contribution is -0.125.